The smallest absolute Gasteiger partial charge is 0.303 e. The van der Waals surface area contributed by atoms with Gasteiger partial charge in [0.2, 0.25) is 5.91 Å². The summed E-state index contributed by atoms with van der Waals surface area (Å²) in [7, 11) is 0. The summed E-state index contributed by atoms with van der Waals surface area (Å²) in [4.78, 5) is 23.6. The van der Waals surface area contributed by atoms with Gasteiger partial charge in [0.1, 0.15) is 0 Å². The molecule has 0 rings (SSSR count). The average molecular weight is 246 g/mol. The highest BCUT2D eigenvalue weighted by atomic mass is 16.4. The van der Waals surface area contributed by atoms with Gasteiger partial charge in [0.05, 0.1) is 13.2 Å². The van der Waals surface area contributed by atoms with Crippen LogP contribution in [0.4, 0.5) is 0 Å². The van der Waals surface area contributed by atoms with E-state index in [-0.39, 0.29) is 25.5 Å². The summed E-state index contributed by atoms with van der Waals surface area (Å²) in [6.45, 7) is 3.92. The highest BCUT2D eigenvalue weighted by molar-refractivity contribution is 5.78. The highest BCUT2D eigenvalue weighted by Gasteiger charge is 2.08. The van der Waals surface area contributed by atoms with E-state index >= 15 is 0 Å². The normalized spacial score (nSPS) is 10.5. The van der Waals surface area contributed by atoms with E-state index in [0.717, 1.165) is 13.0 Å². The summed E-state index contributed by atoms with van der Waals surface area (Å²) < 4.78 is 0. The first-order valence-electron chi connectivity index (χ1n) is 5.91. The first-order chi connectivity index (χ1) is 8.10. The van der Waals surface area contributed by atoms with Crippen LogP contribution in [0.5, 0.6) is 0 Å². The van der Waals surface area contributed by atoms with Crippen LogP contribution in [0.3, 0.4) is 0 Å². The third kappa shape index (κ3) is 9.77. The van der Waals surface area contributed by atoms with E-state index in [1.807, 2.05) is 11.8 Å². The van der Waals surface area contributed by atoms with Crippen molar-refractivity contribution in [2.45, 2.75) is 26.2 Å². The van der Waals surface area contributed by atoms with Crippen LogP contribution in [0.15, 0.2) is 0 Å². The van der Waals surface area contributed by atoms with Crippen molar-refractivity contribution in [1.29, 1.82) is 0 Å². The molecule has 17 heavy (non-hydrogen) atoms. The van der Waals surface area contributed by atoms with Gasteiger partial charge in [-0.05, 0) is 19.4 Å². The Morgan fingerprint density at radius 3 is 2.53 bits per heavy atom. The number of carbonyl (C=O) groups excluding carboxylic acids is 1. The van der Waals surface area contributed by atoms with Crippen LogP contribution in [0.1, 0.15) is 26.2 Å². The van der Waals surface area contributed by atoms with E-state index in [1.54, 1.807) is 0 Å². The Bertz CT molecular complexity index is 228. The zero-order valence-electron chi connectivity index (χ0n) is 10.3. The van der Waals surface area contributed by atoms with E-state index in [0.29, 0.717) is 19.5 Å². The fraction of sp³-hybridized carbons (Fsp3) is 0.818. The lowest BCUT2D eigenvalue weighted by molar-refractivity contribution is -0.137. The number of carboxylic acid groups (broad SMARTS) is 1. The maximum Gasteiger partial charge on any atom is 0.303 e. The predicted octanol–water partition coefficient (Wildman–Crippen LogP) is -0.328. The van der Waals surface area contributed by atoms with Crippen LogP contribution in [-0.4, -0.2) is 59.8 Å². The monoisotopic (exact) mass is 246 g/mol. The number of hydrogen-bond donors (Lipinski definition) is 3. The van der Waals surface area contributed by atoms with Gasteiger partial charge in [-0.25, -0.2) is 0 Å². The van der Waals surface area contributed by atoms with Crippen LogP contribution in [0.2, 0.25) is 0 Å². The molecule has 0 spiro atoms. The van der Waals surface area contributed by atoms with Gasteiger partial charge < -0.3 is 15.5 Å². The highest BCUT2D eigenvalue weighted by Crippen LogP contribution is 1.91. The molecule has 6 heteroatoms. The Morgan fingerprint density at radius 2 is 2.00 bits per heavy atom. The van der Waals surface area contributed by atoms with Gasteiger partial charge in [0, 0.05) is 19.5 Å². The summed E-state index contributed by atoms with van der Waals surface area (Å²) >= 11 is 0. The average Bonchev–Trinajstić information content (AvgIpc) is 2.25. The molecular weight excluding hydrogens is 224 g/mol. The number of nitrogens with zero attached hydrogens (tertiary/aromatic N) is 1. The molecule has 0 aromatic heterocycles. The van der Waals surface area contributed by atoms with Crippen molar-refractivity contribution >= 4 is 11.9 Å². The zero-order valence-corrected chi connectivity index (χ0v) is 10.3. The van der Waals surface area contributed by atoms with Crippen molar-refractivity contribution in [3.8, 4) is 0 Å². The standard InChI is InChI=1S/C11H22N2O4/c1-2-6-13(7-8-14)9-10(15)12-5-3-4-11(16)17/h14H,2-9H2,1H3,(H,12,15)(H,16,17). The van der Waals surface area contributed by atoms with Gasteiger partial charge in [-0.1, -0.05) is 6.92 Å². The number of carboxylic acids is 1. The number of rotatable bonds is 10. The van der Waals surface area contributed by atoms with Crippen LogP contribution in [-0.2, 0) is 9.59 Å². The third-order valence-electron chi connectivity index (χ3n) is 2.21. The lowest BCUT2D eigenvalue weighted by Gasteiger charge is -2.19. The van der Waals surface area contributed by atoms with Gasteiger partial charge >= 0.3 is 5.97 Å². The fourth-order valence-electron chi connectivity index (χ4n) is 1.45. The van der Waals surface area contributed by atoms with Crippen molar-refractivity contribution in [3.63, 3.8) is 0 Å². The van der Waals surface area contributed by atoms with Crippen molar-refractivity contribution in [2.24, 2.45) is 0 Å². The molecule has 0 aromatic rings. The van der Waals surface area contributed by atoms with Gasteiger partial charge in [-0.2, -0.15) is 0 Å². The zero-order chi connectivity index (χ0) is 13.1. The maximum absolute atomic E-state index is 11.5. The Kier molecular flexibility index (Phi) is 9.37. The summed E-state index contributed by atoms with van der Waals surface area (Å²) in [6, 6.07) is 0. The Morgan fingerprint density at radius 1 is 1.29 bits per heavy atom. The lowest BCUT2D eigenvalue weighted by Crippen LogP contribution is -2.39. The minimum absolute atomic E-state index is 0.0340. The van der Waals surface area contributed by atoms with Crippen LogP contribution in [0.25, 0.3) is 0 Å². The Hall–Kier alpha value is -1.14. The molecule has 0 aromatic carbocycles. The molecule has 0 aliphatic carbocycles. The number of aliphatic hydroxyl groups is 1. The largest absolute Gasteiger partial charge is 0.481 e. The quantitative estimate of drug-likeness (QED) is 0.459. The molecule has 0 aliphatic rings. The molecule has 0 bridgehead atoms. The maximum atomic E-state index is 11.5. The van der Waals surface area contributed by atoms with Gasteiger partial charge in [0.25, 0.3) is 0 Å². The second-order valence-electron chi connectivity index (χ2n) is 3.85. The van der Waals surface area contributed by atoms with E-state index in [9.17, 15) is 9.59 Å². The number of carbonyl (C=O) groups is 2. The molecule has 100 valence electrons. The second-order valence-corrected chi connectivity index (χ2v) is 3.85. The molecule has 6 nitrogen and oxygen atoms in total. The molecule has 1 amide bonds. The van der Waals surface area contributed by atoms with E-state index in [4.69, 9.17) is 10.2 Å². The summed E-state index contributed by atoms with van der Waals surface area (Å²) in [6.07, 6.45) is 1.43. The van der Waals surface area contributed by atoms with Crippen LogP contribution in [0, 0.1) is 0 Å². The van der Waals surface area contributed by atoms with Gasteiger partial charge in [0.15, 0.2) is 0 Å². The molecule has 0 heterocycles. The predicted molar refractivity (Wildman–Crippen MR) is 63.7 cm³/mol. The first kappa shape index (κ1) is 15.9. The van der Waals surface area contributed by atoms with E-state index in [2.05, 4.69) is 5.32 Å². The number of amides is 1. The lowest BCUT2D eigenvalue weighted by atomic mass is 10.3. The SMILES string of the molecule is CCCN(CCO)CC(=O)NCCCC(=O)O. The molecule has 0 fully saturated rings. The summed E-state index contributed by atoms with van der Waals surface area (Å²) in [5, 5.41) is 19.9. The number of hydrogen-bond acceptors (Lipinski definition) is 4. The first-order valence-corrected chi connectivity index (χ1v) is 5.91. The topological polar surface area (TPSA) is 89.9 Å². The molecule has 0 aliphatic heterocycles. The number of aliphatic carboxylic acids is 1. The van der Waals surface area contributed by atoms with Crippen molar-refractivity contribution < 1.29 is 19.8 Å². The summed E-state index contributed by atoms with van der Waals surface area (Å²) in [5.74, 6) is -0.982. The fourth-order valence-corrected chi connectivity index (χ4v) is 1.45. The van der Waals surface area contributed by atoms with Gasteiger partial charge in [-0.3, -0.25) is 14.5 Å². The molecule has 0 saturated heterocycles. The van der Waals surface area contributed by atoms with E-state index in [1.165, 1.54) is 0 Å². The van der Waals surface area contributed by atoms with Crippen LogP contribution < -0.4 is 5.32 Å². The molecule has 3 N–H and O–H groups in total. The molecular formula is C11H22N2O4. The summed E-state index contributed by atoms with van der Waals surface area (Å²) in [5.41, 5.74) is 0. The van der Waals surface area contributed by atoms with Crippen LogP contribution >= 0.6 is 0 Å². The molecule has 0 atom stereocenters. The van der Waals surface area contributed by atoms with E-state index < -0.39 is 5.97 Å². The Labute approximate surface area is 102 Å². The number of aliphatic hydroxyl groups excluding tert-OH is 1. The van der Waals surface area contributed by atoms with Crippen molar-refractivity contribution in [2.75, 3.05) is 32.8 Å². The van der Waals surface area contributed by atoms with Gasteiger partial charge in [-0.15, -0.1) is 0 Å². The minimum atomic E-state index is -0.855. The molecule has 0 radical (unpaired) electrons. The third-order valence-corrected chi connectivity index (χ3v) is 2.21. The second kappa shape index (κ2) is 10.0. The minimum Gasteiger partial charge on any atom is -0.481 e. The van der Waals surface area contributed by atoms with Crippen molar-refractivity contribution in [3.05, 3.63) is 0 Å². The molecule has 0 unspecified atom stereocenters. The Balaban J connectivity index is 3.70. The number of nitrogens with one attached hydrogen (secondary N) is 1. The molecule has 0 saturated carbocycles. The van der Waals surface area contributed by atoms with Crippen molar-refractivity contribution in [1.82, 2.24) is 10.2 Å².